The number of benzene rings is 1. The van der Waals surface area contributed by atoms with E-state index >= 15 is 0 Å². The van der Waals surface area contributed by atoms with E-state index in [9.17, 15) is 4.39 Å². The minimum atomic E-state index is -0.273. The zero-order valence-electron chi connectivity index (χ0n) is 13.5. The second-order valence-electron chi connectivity index (χ2n) is 7.06. The zero-order valence-corrected chi connectivity index (χ0v) is 13.5. The van der Waals surface area contributed by atoms with Crippen molar-refractivity contribution in [3.63, 3.8) is 0 Å². The summed E-state index contributed by atoms with van der Waals surface area (Å²) in [5.74, 6) is 1.43. The number of methoxy groups -OCH3 is 1. The highest BCUT2D eigenvalue weighted by Gasteiger charge is 2.34. The van der Waals surface area contributed by atoms with Gasteiger partial charge in [-0.2, -0.15) is 0 Å². The standard InChI is InChI=1S/C18H28FNO/c1-13(2)10-14-6-5-9-18(20,11-14)12-15-7-4-8-16(21-3)17(15)19/h4,7-8,13-14H,5-6,9-12,20H2,1-3H3. The molecule has 1 aromatic rings. The Hall–Kier alpha value is -1.09. The molecule has 0 radical (unpaired) electrons. The van der Waals surface area contributed by atoms with E-state index in [1.165, 1.54) is 20.0 Å². The van der Waals surface area contributed by atoms with E-state index in [-0.39, 0.29) is 11.4 Å². The van der Waals surface area contributed by atoms with Gasteiger partial charge < -0.3 is 10.5 Å². The van der Waals surface area contributed by atoms with E-state index < -0.39 is 0 Å². The SMILES string of the molecule is COc1cccc(CC2(N)CCCC(CC(C)C)C2)c1F. The van der Waals surface area contributed by atoms with E-state index in [0.717, 1.165) is 19.3 Å². The van der Waals surface area contributed by atoms with Crippen LogP contribution in [0.15, 0.2) is 18.2 Å². The van der Waals surface area contributed by atoms with Crippen LogP contribution in [0, 0.1) is 17.7 Å². The van der Waals surface area contributed by atoms with Crippen LogP contribution in [0.5, 0.6) is 5.75 Å². The van der Waals surface area contributed by atoms with Crippen molar-refractivity contribution in [3.05, 3.63) is 29.6 Å². The maximum atomic E-state index is 14.3. The van der Waals surface area contributed by atoms with E-state index in [1.807, 2.05) is 12.1 Å². The normalized spacial score (nSPS) is 26.1. The smallest absolute Gasteiger partial charge is 0.168 e. The van der Waals surface area contributed by atoms with Gasteiger partial charge in [-0.25, -0.2) is 4.39 Å². The van der Waals surface area contributed by atoms with Crippen LogP contribution in [0.1, 0.15) is 51.5 Å². The van der Waals surface area contributed by atoms with Crippen molar-refractivity contribution < 1.29 is 9.13 Å². The molecule has 2 unspecified atom stereocenters. The van der Waals surface area contributed by atoms with Crippen molar-refractivity contribution >= 4 is 0 Å². The lowest BCUT2D eigenvalue weighted by molar-refractivity contribution is 0.199. The number of rotatable bonds is 5. The molecule has 1 fully saturated rings. The Morgan fingerprint density at radius 1 is 1.43 bits per heavy atom. The second-order valence-corrected chi connectivity index (χ2v) is 7.06. The summed E-state index contributed by atoms with van der Waals surface area (Å²) in [5.41, 5.74) is 7.02. The highest BCUT2D eigenvalue weighted by atomic mass is 19.1. The molecule has 0 spiro atoms. The molecule has 0 saturated heterocycles. The van der Waals surface area contributed by atoms with E-state index in [2.05, 4.69) is 13.8 Å². The number of ether oxygens (including phenoxy) is 1. The molecule has 2 atom stereocenters. The highest BCUT2D eigenvalue weighted by Crippen LogP contribution is 2.37. The van der Waals surface area contributed by atoms with Crippen LogP contribution in [-0.2, 0) is 6.42 Å². The molecule has 0 bridgehead atoms. The Morgan fingerprint density at radius 2 is 2.19 bits per heavy atom. The highest BCUT2D eigenvalue weighted by molar-refractivity contribution is 5.32. The largest absolute Gasteiger partial charge is 0.494 e. The Kier molecular flexibility index (Phi) is 5.26. The summed E-state index contributed by atoms with van der Waals surface area (Å²) in [7, 11) is 1.50. The summed E-state index contributed by atoms with van der Waals surface area (Å²) in [4.78, 5) is 0. The van der Waals surface area contributed by atoms with Crippen LogP contribution >= 0.6 is 0 Å². The molecular weight excluding hydrogens is 265 g/mol. The van der Waals surface area contributed by atoms with E-state index in [0.29, 0.717) is 29.6 Å². The van der Waals surface area contributed by atoms with Gasteiger partial charge in [0, 0.05) is 5.54 Å². The molecule has 0 amide bonds. The van der Waals surface area contributed by atoms with Crippen molar-refractivity contribution in [2.75, 3.05) is 7.11 Å². The number of nitrogens with two attached hydrogens (primary N) is 1. The molecule has 118 valence electrons. The summed E-state index contributed by atoms with van der Waals surface area (Å²) in [5, 5.41) is 0. The quantitative estimate of drug-likeness (QED) is 0.878. The third kappa shape index (κ3) is 4.19. The zero-order chi connectivity index (χ0) is 15.5. The molecule has 0 heterocycles. The number of halogens is 1. The van der Waals surface area contributed by atoms with Crippen LogP contribution < -0.4 is 10.5 Å². The maximum Gasteiger partial charge on any atom is 0.168 e. The summed E-state index contributed by atoms with van der Waals surface area (Å²) in [6.45, 7) is 4.52. The van der Waals surface area contributed by atoms with Gasteiger partial charge in [-0.15, -0.1) is 0 Å². The molecule has 2 N–H and O–H groups in total. The van der Waals surface area contributed by atoms with E-state index in [4.69, 9.17) is 10.5 Å². The minimum Gasteiger partial charge on any atom is -0.494 e. The van der Waals surface area contributed by atoms with Crippen LogP contribution in [0.25, 0.3) is 0 Å². The Bertz CT molecular complexity index is 474. The van der Waals surface area contributed by atoms with Gasteiger partial charge in [-0.1, -0.05) is 38.8 Å². The van der Waals surface area contributed by atoms with Gasteiger partial charge in [-0.05, 0) is 49.1 Å². The van der Waals surface area contributed by atoms with Crippen LogP contribution in [0.4, 0.5) is 4.39 Å². The molecule has 2 nitrogen and oxygen atoms in total. The number of hydrogen-bond acceptors (Lipinski definition) is 2. The van der Waals surface area contributed by atoms with Gasteiger partial charge in [-0.3, -0.25) is 0 Å². The Balaban J connectivity index is 2.10. The molecule has 3 heteroatoms. The first-order valence-corrected chi connectivity index (χ1v) is 8.04. The lowest BCUT2D eigenvalue weighted by atomic mass is 9.71. The van der Waals surface area contributed by atoms with Crippen molar-refractivity contribution in [1.29, 1.82) is 0 Å². The second kappa shape index (κ2) is 6.78. The molecule has 21 heavy (non-hydrogen) atoms. The van der Waals surface area contributed by atoms with Crippen LogP contribution in [0.2, 0.25) is 0 Å². The molecule has 2 rings (SSSR count). The van der Waals surface area contributed by atoms with Gasteiger partial charge in [0.1, 0.15) is 0 Å². The van der Waals surface area contributed by atoms with E-state index in [1.54, 1.807) is 6.07 Å². The maximum absolute atomic E-state index is 14.3. The summed E-state index contributed by atoms with van der Waals surface area (Å²) >= 11 is 0. The fourth-order valence-corrected chi connectivity index (χ4v) is 3.78. The molecule has 1 aliphatic rings. The fourth-order valence-electron chi connectivity index (χ4n) is 3.78. The van der Waals surface area contributed by atoms with Gasteiger partial charge in [0.15, 0.2) is 11.6 Å². The summed E-state index contributed by atoms with van der Waals surface area (Å²) < 4.78 is 19.4. The Labute approximate surface area is 127 Å². The fraction of sp³-hybridized carbons (Fsp3) is 0.667. The lowest BCUT2D eigenvalue weighted by Crippen LogP contribution is -2.46. The van der Waals surface area contributed by atoms with Crippen molar-refractivity contribution in [3.8, 4) is 5.75 Å². The lowest BCUT2D eigenvalue weighted by Gasteiger charge is -2.39. The van der Waals surface area contributed by atoms with Crippen molar-refractivity contribution in [1.82, 2.24) is 0 Å². The predicted molar refractivity (Wildman–Crippen MR) is 85.0 cm³/mol. The van der Waals surface area contributed by atoms with Gasteiger partial charge in [0.25, 0.3) is 0 Å². The number of hydrogen-bond donors (Lipinski definition) is 1. The minimum absolute atomic E-state index is 0.254. The third-order valence-electron chi connectivity index (χ3n) is 4.59. The topological polar surface area (TPSA) is 35.2 Å². The van der Waals surface area contributed by atoms with Gasteiger partial charge in [0.05, 0.1) is 7.11 Å². The van der Waals surface area contributed by atoms with Gasteiger partial charge in [0.2, 0.25) is 0 Å². The average Bonchev–Trinajstić information content (AvgIpc) is 2.40. The summed E-state index contributed by atoms with van der Waals surface area (Å²) in [6.07, 6.45) is 6.22. The van der Waals surface area contributed by atoms with Crippen LogP contribution in [0.3, 0.4) is 0 Å². The van der Waals surface area contributed by atoms with Crippen LogP contribution in [-0.4, -0.2) is 12.6 Å². The first-order valence-electron chi connectivity index (χ1n) is 8.04. The molecule has 1 aliphatic carbocycles. The molecular formula is C18H28FNO. The molecule has 1 aromatic carbocycles. The molecule has 1 saturated carbocycles. The predicted octanol–water partition coefficient (Wildman–Crippen LogP) is 4.31. The molecule has 0 aliphatic heterocycles. The first kappa shape index (κ1) is 16.3. The monoisotopic (exact) mass is 293 g/mol. The first-order chi connectivity index (χ1) is 9.93. The van der Waals surface area contributed by atoms with Crippen molar-refractivity contribution in [2.24, 2.45) is 17.6 Å². The summed E-state index contributed by atoms with van der Waals surface area (Å²) in [6, 6.07) is 5.33. The Morgan fingerprint density at radius 3 is 2.86 bits per heavy atom. The van der Waals surface area contributed by atoms with Crippen molar-refractivity contribution in [2.45, 2.75) is 57.9 Å². The van der Waals surface area contributed by atoms with Gasteiger partial charge >= 0.3 is 0 Å². The average molecular weight is 293 g/mol. The third-order valence-corrected chi connectivity index (χ3v) is 4.59. The molecule has 0 aromatic heterocycles.